The molecule has 0 aliphatic carbocycles. The van der Waals surface area contributed by atoms with Gasteiger partial charge in [-0.25, -0.2) is 8.42 Å². The van der Waals surface area contributed by atoms with E-state index in [2.05, 4.69) is 0 Å². The molecule has 1 aliphatic heterocycles. The van der Waals surface area contributed by atoms with E-state index in [0.29, 0.717) is 13.1 Å². The van der Waals surface area contributed by atoms with Crippen LogP contribution in [0, 0.1) is 0 Å². The summed E-state index contributed by atoms with van der Waals surface area (Å²) in [5.41, 5.74) is 0.922. The van der Waals surface area contributed by atoms with Gasteiger partial charge in [0.1, 0.15) is 6.61 Å². The summed E-state index contributed by atoms with van der Waals surface area (Å²) >= 11 is 0. The van der Waals surface area contributed by atoms with Gasteiger partial charge in [-0.15, -0.1) is 0 Å². The first-order chi connectivity index (χ1) is 9.77. The maximum absolute atomic E-state index is 11.8. The minimum absolute atomic E-state index is 0.0497. The highest BCUT2D eigenvalue weighted by molar-refractivity contribution is 7.88. The number of carbonyl (C=O) groups is 1. The van der Waals surface area contributed by atoms with Crippen molar-refractivity contribution >= 4 is 15.9 Å². The Kier molecular flexibility index (Phi) is 4.70. The second kappa shape index (κ2) is 6.17. The van der Waals surface area contributed by atoms with E-state index >= 15 is 0 Å². The van der Waals surface area contributed by atoms with Gasteiger partial charge in [-0.3, -0.25) is 4.79 Å². The summed E-state index contributed by atoms with van der Waals surface area (Å²) in [6, 6.07) is 3.77. The normalized spacial score (nSPS) is 19.9. The van der Waals surface area contributed by atoms with Gasteiger partial charge in [0.05, 0.1) is 18.9 Å². The van der Waals surface area contributed by atoms with Gasteiger partial charge in [-0.2, -0.15) is 4.31 Å². The van der Waals surface area contributed by atoms with Crippen LogP contribution in [0.3, 0.4) is 0 Å². The van der Waals surface area contributed by atoms with E-state index < -0.39 is 10.0 Å². The van der Waals surface area contributed by atoms with Gasteiger partial charge < -0.3 is 14.2 Å². The number of fused-ring (bicyclic) bond motifs is 1. The molecular weight excluding hydrogens is 294 g/mol. The minimum atomic E-state index is -3.31. The van der Waals surface area contributed by atoms with E-state index in [0.717, 1.165) is 5.69 Å². The molecule has 2 heterocycles. The SMILES string of the molecule is CN(C)C(=O)CO[C@@H]1CN(S(C)(=O)=O)Cc2cccn2C1. The molecule has 0 aromatic carbocycles. The molecule has 7 nitrogen and oxygen atoms in total. The molecule has 0 bridgehead atoms. The van der Waals surface area contributed by atoms with Crippen molar-refractivity contribution in [1.29, 1.82) is 0 Å². The fourth-order valence-electron chi connectivity index (χ4n) is 2.20. The van der Waals surface area contributed by atoms with Crippen LogP contribution in [0.2, 0.25) is 0 Å². The number of nitrogens with zero attached hydrogens (tertiary/aromatic N) is 3. The number of likely N-dealkylation sites (N-methyl/N-ethyl adjacent to an activating group) is 1. The standard InChI is InChI=1S/C13H21N3O4S/c1-14(2)13(17)10-20-12-8-15-6-4-5-11(15)7-16(9-12)21(3,18)19/h4-6,12H,7-10H2,1-3H3/t12-/m0/s1. The zero-order valence-electron chi connectivity index (χ0n) is 12.5. The van der Waals surface area contributed by atoms with E-state index in [1.54, 1.807) is 14.1 Å². The van der Waals surface area contributed by atoms with Gasteiger partial charge in [-0.1, -0.05) is 0 Å². The lowest BCUT2D eigenvalue weighted by Gasteiger charge is -2.22. The van der Waals surface area contributed by atoms with E-state index in [-0.39, 0.29) is 25.2 Å². The lowest BCUT2D eigenvalue weighted by atomic mass is 10.3. The summed E-state index contributed by atoms with van der Waals surface area (Å²) in [5.74, 6) is -0.141. The molecule has 0 N–H and O–H groups in total. The zero-order chi connectivity index (χ0) is 15.6. The number of sulfonamides is 1. The van der Waals surface area contributed by atoms with Crippen LogP contribution >= 0.6 is 0 Å². The van der Waals surface area contributed by atoms with E-state index in [4.69, 9.17) is 4.74 Å². The second-order valence-electron chi connectivity index (χ2n) is 5.43. The van der Waals surface area contributed by atoms with Gasteiger partial charge >= 0.3 is 0 Å². The van der Waals surface area contributed by atoms with Crippen molar-refractivity contribution < 1.29 is 17.9 Å². The lowest BCUT2D eigenvalue weighted by Crippen LogP contribution is -2.38. The molecule has 0 radical (unpaired) electrons. The maximum Gasteiger partial charge on any atom is 0.248 e. The summed E-state index contributed by atoms with van der Waals surface area (Å²) in [6.07, 6.45) is 2.73. The average Bonchev–Trinajstić information content (AvgIpc) is 2.72. The molecule has 0 fully saturated rings. The Labute approximate surface area is 125 Å². The monoisotopic (exact) mass is 315 g/mol. The quantitative estimate of drug-likeness (QED) is 0.767. The summed E-state index contributed by atoms with van der Waals surface area (Å²) in [6.45, 7) is 1.06. The maximum atomic E-state index is 11.8. The molecule has 1 aliphatic rings. The Morgan fingerprint density at radius 2 is 2.14 bits per heavy atom. The van der Waals surface area contributed by atoms with Crippen molar-refractivity contribution in [2.45, 2.75) is 19.2 Å². The van der Waals surface area contributed by atoms with E-state index in [9.17, 15) is 13.2 Å². The number of ether oxygens (including phenoxy) is 1. The van der Waals surface area contributed by atoms with Gasteiger partial charge in [0.2, 0.25) is 15.9 Å². The topological polar surface area (TPSA) is 71.8 Å². The average molecular weight is 315 g/mol. The van der Waals surface area contributed by atoms with Crippen LogP contribution in [0.1, 0.15) is 5.69 Å². The van der Waals surface area contributed by atoms with Gasteiger partial charge in [0.25, 0.3) is 0 Å². The summed E-state index contributed by atoms with van der Waals surface area (Å²) in [4.78, 5) is 13.1. The first-order valence-corrected chi connectivity index (χ1v) is 8.53. The molecular formula is C13H21N3O4S. The molecule has 1 aromatic rings. The third-order valence-corrected chi connectivity index (χ3v) is 4.70. The molecule has 118 valence electrons. The van der Waals surface area contributed by atoms with Crippen molar-refractivity contribution in [3.05, 3.63) is 24.0 Å². The van der Waals surface area contributed by atoms with Crippen molar-refractivity contribution in [2.24, 2.45) is 0 Å². The molecule has 21 heavy (non-hydrogen) atoms. The van der Waals surface area contributed by atoms with Gasteiger partial charge in [0.15, 0.2) is 0 Å². The van der Waals surface area contributed by atoms with Crippen LogP contribution in [-0.2, 0) is 32.6 Å². The Bertz CT molecular complexity index is 609. The zero-order valence-corrected chi connectivity index (χ0v) is 13.3. The fraction of sp³-hybridized carbons (Fsp3) is 0.615. The molecule has 0 spiro atoms. The first-order valence-electron chi connectivity index (χ1n) is 6.68. The van der Waals surface area contributed by atoms with Crippen molar-refractivity contribution in [2.75, 3.05) is 33.5 Å². The number of rotatable bonds is 4. The molecule has 0 saturated carbocycles. The first kappa shape index (κ1) is 16.0. The van der Waals surface area contributed by atoms with Crippen LogP contribution in [0.5, 0.6) is 0 Å². The van der Waals surface area contributed by atoms with Crippen molar-refractivity contribution in [3.63, 3.8) is 0 Å². The molecule has 0 saturated heterocycles. The van der Waals surface area contributed by atoms with Gasteiger partial charge in [0, 0.05) is 39.1 Å². The Hall–Kier alpha value is -1.38. The van der Waals surface area contributed by atoms with E-state index in [1.165, 1.54) is 15.5 Å². The highest BCUT2D eigenvalue weighted by atomic mass is 32.2. The number of hydrogen-bond donors (Lipinski definition) is 0. The third kappa shape index (κ3) is 4.05. The fourth-order valence-corrected chi connectivity index (χ4v) is 3.00. The summed E-state index contributed by atoms with van der Waals surface area (Å²) in [7, 11) is 0.00378. The lowest BCUT2D eigenvalue weighted by molar-refractivity contribution is -0.136. The second-order valence-corrected chi connectivity index (χ2v) is 7.41. The molecule has 2 rings (SSSR count). The molecule has 1 atom stereocenters. The molecule has 8 heteroatoms. The Morgan fingerprint density at radius 3 is 2.76 bits per heavy atom. The van der Waals surface area contributed by atoms with Crippen molar-refractivity contribution in [1.82, 2.24) is 13.8 Å². The predicted octanol–water partition coefficient (Wildman–Crippen LogP) is -0.263. The van der Waals surface area contributed by atoms with Crippen LogP contribution in [0.25, 0.3) is 0 Å². The van der Waals surface area contributed by atoms with Crippen LogP contribution in [0.15, 0.2) is 18.3 Å². The molecule has 1 aromatic heterocycles. The number of aromatic nitrogens is 1. The number of carbonyl (C=O) groups excluding carboxylic acids is 1. The Morgan fingerprint density at radius 1 is 1.43 bits per heavy atom. The van der Waals surface area contributed by atoms with Crippen LogP contribution in [0.4, 0.5) is 0 Å². The minimum Gasteiger partial charge on any atom is -0.365 e. The van der Waals surface area contributed by atoms with Gasteiger partial charge in [-0.05, 0) is 12.1 Å². The van der Waals surface area contributed by atoms with Crippen LogP contribution < -0.4 is 0 Å². The third-order valence-electron chi connectivity index (χ3n) is 3.48. The van der Waals surface area contributed by atoms with E-state index in [1.807, 2.05) is 22.9 Å². The number of amides is 1. The number of hydrogen-bond acceptors (Lipinski definition) is 4. The smallest absolute Gasteiger partial charge is 0.248 e. The Balaban J connectivity index is 2.13. The summed E-state index contributed by atoms with van der Waals surface area (Å²) < 4.78 is 32.7. The highest BCUT2D eigenvalue weighted by Crippen LogP contribution is 2.17. The highest BCUT2D eigenvalue weighted by Gasteiger charge is 2.27. The molecule has 0 unspecified atom stereocenters. The van der Waals surface area contributed by atoms with Crippen LogP contribution in [-0.4, -0.2) is 67.7 Å². The summed E-state index contributed by atoms with van der Waals surface area (Å²) in [5, 5.41) is 0. The predicted molar refractivity (Wildman–Crippen MR) is 78.1 cm³/mol. The molecule has 1 amide bonds. The van der Waals surface area contributed by atoms with Crippen molar-refractivity contribution in [3.8, 4) is 0 Å². The largest absolute Gasteiger partial charge is 0.365 e.